The molecule has 1 rings (SSSR count). The van der Waals surface area contributed by atoms with Crippen LogP contribution in [0.25, 0.3) is 0 Å². The quantitative estimate of drug-likeness (QED) is 0.712. The second-order valence-corrected chi connectivity index (χ2v) is 5.89. The average Bonchev–Trinajstić information content (AvgIpc) is 2.29. The summed E-state index contributed by atoms with van der Waals surface area (Å²) < 4.78 is 0. The molecule has 0 radical (unpaired) electrons. The summed E-state index contributed by atoms with van der Waals surface area (Å²) in [6.07, 6.45) is 10.1. The summed E-state index contributed by atoms with van der Waals surface area (Å²) in [6.45, 7) is 6.81. The van der Waals surface area contributed by atoms with Gasteiger partial charge in [-0.25, -0.2) is 0 Å². The van der Waals surface area contributed by atoms with E-state index in [4.69, 9.17) is 0 Å². The topological polar surface area (TPSA) is 20.2 Å². The number of aliphatic hydroxyl groups excluding tert-OH is 1. The molecule has 0 saturated heterocycles. The maximum absolute atomic E-state index is 10.2. The summed E-state index contributed by atoms with van der Waals surface area (Å²) in [4.78, 5) is 0. The van der Waals surface area contributed by atoms with Crippen LogP contribution in [-0.2, 0) is 0 Å². The summed E-state index contributed by atoms with van der Waals surface area (Å²) in [7, 11) is 0. The van der Waals surface area contributed by atoms with Gasteiger partial charge < -0.3 is 5.11 Å². The van der Waals surface area contributed by atoms with Crippen LogP contribution in [0.4, 0.5) is 0 Å². The Morgan fingerprint density at radius 2 is 1.75 bits per heavy atom. The Labute approximate surface area is 102 Å². The molecule has 1 nitrogen and oxygen atoms in total. The van der Waals surface area contributed by atoms with Crippen molar-refractivity contribution >= 4 is 0 Å². The lowest BCUT2D eigenvalue weighted by molar-refractivity contribution is 0.0537. The van der Waals surface area contributed by atoms with E-state index in [1.807, 2.05) is 0 Å². The van der Waals surface area contributed by atoms with Crippen LogP contribution in [-0.4, -0.2) is 11.2 Å². The van der Waals surface area contributed by atoms with Gasteiger partial charge in [-0.15, -0.1) is 0 Å². The molecule has 1 fully saturated rings. The molecule has 0 spiro atoms. The van der Waals surface area contributed by atoms with E-state index in [-0.39, 0.29) is 6.10 Å². The fraction of sp³-hybridized carbons (Fsp3) is 1.00. The third-order valence-corrected chi connectivity index (χ3v) is 4.44. The predicted molar refractivity (Wildman–Crippen MR) is 70.4 cm³/mol. The molecular formula is C15H30O. The Morgan fingerprint density at radius 1 is 1.12 bits per heavy atom. The van der Waals surface area contributed by atoms with Crippen LogP contribution in [0.5, 0.6) is 0 Å². The van der Waals surface area contributed by atoms with Gasteiger partial charge in [-0.3, -0.25) is 0 Å². The zero-order chi connectivity index (χ0) is 12.0. The van der Waals surface area contributed by atoms with Crippen molar-refractivity contribution in [3.8, 4) is 0 Å². The first-order chi connectivity index (χ1) is 7.67. The molecule has 0 bridgehead atoms. The maximum atomic E-state index is 10.2. The second-order valence-electron chi connectivity index (χ2n) is 5.89. The molecule has 2 atom stereocenters. The Balaban J connectivity index is 2.24. The fourth-order valence-electron chi connectivity index (χ4n) is 3.20. The first kappa shape index (κ1) is 14.0. The van der Waals surface area contributed by atoms with Gasteiger partial charge in [0.15, 0.2) is 0 Å². The van der Waals surface area contributed by atoms with Gasteiger partial charge in [0.25, 0.3) is 0 Å². The lowest BCUT2D eigenvalue weighted by Crippen LogP contribution is -2.27. The third-order valence-electron chi connectivity index (χ3n) is 4.44. The minimum Gasteiger partial charge on any atom is -0.393 e. The van der Waals surface area contributed by atoms with E-state index >= 15 is 0 Å². The molecule has 1 saturated carbocycles. The van der Waals surface area contributed by atoms with E-state index in [1.54, 1.807) is 0 Å². The standard InChI is InChI=1S/C15H30O/c1-4-6-12(3)11-15(16)14-9-7-13(5-2)8-10-14/h12-16H,4-11H2,1-3H3. The van der Waals surface area contributed by atoms with Gasteiger partial charge in [0.2, 0.25) is 0 Å². The van der Waals surface area contributed by atoms with Crippen LogP contribution >= 0.6 is 0 Å². The highest BCUT2D eigenvalue weighted by Gasteiger charge is 2.26. The highest BCUT2D eigenvalue weighted by Crippen LogP contribution is 2.34. The fourth-order valence-corrected chi connectivity index (χ4v) is 3.20. The first-order valence-electron chi connectivity index (χ1n) is 7.35. The summed E-state index contributed by atoms with van der Waals surface area (Å²) in [6, 6.07) is 0. The van der Waals surface area contributed by atoms with E-state index in [1.165, 1.54) is 44.9 Å². The zero-order valence-electron chi connectivity index (χ0n) is 11.4. The number of hydrogen-bond acceptors (Lipinski definition) is 1. The van der Waals surface area contributed by atoms with Gasteiger partial charge in [0.1, 0.15) is 0 Å². The molecule has 1 N–H and O–H groups in total. The van der Waals surface area contributed by atoms with Gasteiger partial charge in [0, 0.05) is 0 Å². The molecule has 0 heterocycles. The van der Waals surface area contributed by atoms with Gasteiger partial charge in [-0.05, 0) is 37.0 Å². The Hall–Kier alpha value is -0.0400. The molecule has 1 aliphatic rings. The SMILES string of the molecule is CCCC(C)CC(O)C1CCC(CC)CC1. The summed E-state index contributed by atoms with van der Waals surface area (Å²) in [5.74, 6) is 2.24. The second kappa shape index (κ2) is 7.32. The van der Waals surface area contributed by atoms with Gasteiger partial charge in [-0.1, -0.05) is 52.9 Å². The molecular weight excluding hydrogens is 196 g/mol. The van der Waals surface area contributed by atoms with E-state index in [2.05, 4.69) is 20.8 Å². The summed E-state index contributed by atoms with van der Waals surface area (Å²) in [5, 5.41) is 10.2. The van der Waals surface area contributed by atoms with Gasteiger partial charge in [0.05, 0.1) is 6.10 Å². The predicted octanol–water partition coefficient (Wildman–Crippen LogP) is 4.39. The largest absolute Gasteiger partial charge is 0.393 e. The number of rotatable bonds is 6. The van der Waals surface area contributed by atoms with E-state index in [0.29, 0.717) is 11.8 Å². The Morgan fingerprint density at radius 3 is 2.25 bits per heavy atom. The van der Waals surface area contributed by atoms with Gasteiger partial charge in [-0.2, -0.15) is 0 Å². The van der Waals surface area contributed by atoms with Crippen molar-refractivity contribution in [3.05, 3.63) is 0 Å². The summed E-state index contributed by atoms with van der Waals surface area (Å²) in [5.41, 5.74) is 0. The monoisotopic (exact) mass is 226 g/mol. The van der Waals surface area contributed by atoms with Crippen molar-refractivity contribution < 1.29 is 5.11 Å². The van der Waals surface area contributed by atoms with Crippen molar-refractivity contribution in [2.45, 2.75) is 78.2 Å². The minimum absolute atomic E-state index is 0.0284. The molecule has 2 unspecified atom stereocenters. The van der Waals surface area contributed by atoms with E-state index in [0.717, 1.165) is 12.3 Å². The van der Waals surface area contributed by atoms with Crippen molar-refractivity contribution in [2.75, 3.05) is 0 Å². The Kier molecular flexibility index (Phi) is 6.41. The van der Waals surface area contributed by atoms with Crippen LogP contribution < -0.4 is 0 Å². The normalized spacial score (nSPS) is 30.0. The van der Waals surface area contributed by atoms with E-state index in [9.17, 15) is 5.11 Å². The smallest absolute Gasteiger partial charge is 0.0570 e. The Bertz CT molecular complexity index is 170. The van der Waals surface area contributed by atoms with Crippen LogP contribution in [0.2, 0.25) is 0 Å². The van der Waals surface area contributed by atoms with Crippen LogP contribution in [0.15, 0.2) is 0 Å². The number of hydrogen-bond donors (Lipinski definition) is 1. The lowest BCUT2D eigenvalue weighted by atomic mass is 9.76. The van der Waals surface area contributed by atoms with Crippen LogP contribution in [0, 0.1) is 17.8 Å². The first-order valence-corrected chi connectivity index (χ1v) is 7.35. The lowest BCUT2D eigenvalue weighted by Gasteiger charge is -2.32. The molecule has 0 amide bonds. The highest BCUT2D eigenvalue weighted by atomic mass is 16.3. The third kappa shape index (κ3) is 4.45. The van der Waals surface area contributed by atoms with Crippen molar-refractivity contribution in [3.63, 3.8) is 0 Å². The molecule has 1 heteroatoms. The zero-order valence-corrected chi connectivity index (χ0v) is 11.4. The molecule has 0 aromatic rings. The van der Waals surface area contributed by atoms with Gasteiger partial charge >= 0.3 is 0 Å². The molecule has 0 aliphatic heterocycles. The van der Waals surface area contributed by atoms with Crippen LogP contribution in [0.1, 0.15) is 72.1 Å². The average molecular weight is 226 g/mol. The van der Waals surface area contributed by atoms with Crippen molar-refractivity contribution in [1.82, 2.24) is 0 Å². The minimum atomic E-state index is -0.0284. The molecule has 16 heavy (non-hydrogen) atoms. The number of aliphatic hydroxyl groups is 1. The molecule has 0 aromatic carbocycles. The summed E-state index contributed by atoms with van der Waals surface area (Å²) >= 11 is 0. The van der Waals surface area contributed by atoms with Crippen molar-refractivity contribution in [2.24, 2.45) is 17.8 Å². The maximum Gasteiger partial charge on any atom is 0.0570 e. The molecule has 96 valence electrons. The van der Waals surface area contributed by atoms with E-state index < -0.39 is 0 Å². The highest BCUT2D eigenvalue weighted by molar-refractivity contribution is 4.78. The van der Waals surface area contributed by atoms with Crippen molar-refractivity contribution in [1.29, 1.82) is 0 Å². The molecule has 1 aliphatic carbocycles. The van der Waals surface area contributed by atoms with Crippen LogP contribution in [0.3, 0.4) is 0 Å². The molecule has 0 aromatic heterocycles.